The van der Waals surface area contributed by atoms with Crippen molar-refractivity contribution < 1.29 is 9.13 Å². The summed E-state index contributed by atoms with van der Waals surface area (Å²) in [7, 11) is 1.40. The van der Waals surface area contributed by atoms with Gasteiger partial charge in [-0.15, -0.1) is 0 Å². The van der Waals surface area contributed by atoms with Crippen LogP contribution in [-0.2, 0) is 0 Å². The Kier molecular flexibility index (Phi) is 2.58. The normalized spacial score (nSPS) is 9.82. The van der Waals surface area contributed by atoms with E-state index in [2.05, 4.69) is 0 Å². The van der Waals surface area contributed by atoms with Crippen molar-refractivity contribution in [2.24, 2.45) is 0 Å². The van der Waals surface area contributed by atoms with E-state index in [-0.39, 0.29) is 15.8 Å². The SMILES string of the molecule is COc1cc(F)cc(Cl)c1Cl. The zero-order chi connectivity index (χ0) is 8.43. The second-order valence-electron chi connectivity index (χ2n) is 1.90. The number of hydrogen-bond donors (Lipinski definition) is 0. The van der Waals surface area contributed by atoms with Gasteiger partial charge in [0.2, 0.25) is 0 Å². The highest BCUT2D eigenvalue weighted by Gasteiger charge is 2.06. The highest BCUT2D eigenvalue weighted by molar-refractivity contribution is 6.42. The summed E-state index contributed by atoms with van der Waals surface area (Å²) in [5.41, 5.74) is 0. The van der Waals surface area contributed by atoms with E-state index in [0.29, 0.717) is 0 Å². The van der Waals surface area contributed by atoms with E-state index in [9.17, 15) is 4.39 Å². The quantitative estimate of drug-likeness (QED) is 0.625. The fourth-order valence-corrected chi connectivity index (χ4v) is 1.06. The molecule has 0 fully saturated rings. The van der Waals surface area contributed by atoms with Gasteiger partial charge in [0.1, 0.15) is 16.6 Å². The maximum atomic E-state index is 12.6. The van der Waals surface area contributed by atoms with Crippen LogP contribution in [0.15, 0.2) is 12.1 Å². The van der Waals surface area contributed by atoms with Crippen LogP contribution in [0, 0.1) is 5.82 Å². The predicted molar refractivity (Wildman–Crippen MR) is 43.0 cm³/mol. The maximum absolute atomic E-state index is 12.6. The highest BCUT2D eigenvalue weighted by atomic mass is 35.5. The van der Waals surface area contributed by atoms with Crippen molar-refractivity contribution in [2.75, 3.05) is 7.11 Å². The number of hydrogen-bond acceptors (Lipinski definition) is 1. The average molecular weight is 195 g/mol. The molecule has 0 bridgehead atoms. The number of halogens is 3. The van der Waals surface area contributed by atoms with Crippen LogP contribution in [0.4, 0.5) is 4.39 Å². The summed E-state index contributed by atoms with van der Waals surface area (Å²) < 4.78 is 17.3. The molecule has 0 saturated heterocycles. The lowest BCUT2D eigenvalue weighted by Crippen LogP contribution is -1.86. The van der Waals surface area contributed by atoms with E-state index in [1.807, 2.05) is 0 Å². The molecular weight excluding hydrogens is 190 g/mol. The lowest BCUT2D eigenvalue weighted by Gasteiger charge is -2.03. The van der Waals surface area contributed by atoms with Crippen LogP contribution in [0.2, 0.25) is 10.0 Å². The second kappa shape index (κ2) is 3.28. The Hall–Kier alpha value is -0.470. The molecule has 60 valence electrons. The Balaban J connectivity index is 3.24. The van der Waals surface area contributed by atoms with Gasteiger partial charge in [-0.05, 0) is 6.07 Å². The Morgan fingerprint density at radius 3 is 2.55 bits per heavy atom. The largest absolute Gasteiger partial charge is 0.495 e. The molecule has 0 aliphatic rings. The number of ether oxygens (including phenoxy) is 1. The molecule has 0 N–H and O–H groups in total. The molecule has 11 heavy (non-hydrogen) atoms. The van der Waals surface area contributed by atoms with Gasteiger partial charge >= 0.3 is 0 Å². The van der Waals surface area contributed by atoms with Gasteiger partial charge in [0, 0.05) is 6.07 Å². The van der Waals surface area contributed by atoms with Crippen LogP contribution in [-0.4, -0.2) is 7.11 Å². The zero-order valence-electron chi connectivity index (χ0n) is 5.70. The fraction of sp³-hybridized carbons (Fsp3) is 0.143. The van der Waals surface area contributed by atoms with Gasteiger partial charge in [0.25, 0.3) is 0 Å². The summed E-state index contributed by atoms with van der Waals surface area (Å²) >= 11 is 11.2. The van der Waals surface area contributed by atoms with Gasteiger partial charge in [-0.2, -0.15) is 0 Å². The van der Waals surface area contributed by atoms with Crippen LogP contribution in [0.1, 0.15) is 0 Å². The number of benzene rings is 1. The summed E-state index contributed by atoms with van der Waals surface area (Å²) in [5.74, 6) is -0.215. The molecule has 0 unspecified atom stereocenters. The van der Waals surface area contributed by atoms with Crippen LogP contribution < -0.4 is 4.74 Å². The minimum absolute atomic E-state index is 0.156. The zero-order valence-corrected chi connectivity index (χ0v) is 7.21. The van der Waals surface area contributed by atoms with E-state index in [0.717, 1.165) is 6.07 Å². The number of rotatable bonds is 1. The van der Waals surface area contributed by atoms with Gasteiger partial charge in [-0.25, -0.2) is 4.39 Å². The predicted octanol–water partition coefficient (Wildman–Crippen LogP) is 3.14. The third-order valence-electron chi connectivity index (χ3n) is 1.18. The summed E-state index contributed by atoms with van der Waals surface area (Å²) in [6.07, 6.45) is 0. The van der Waals surface area contributed by atoms with Crippen LogP contribution in [0.3, 0.4) is 0 Å². The molecule has 1 rings (SSSR count). The lowest BCUT2D eigenvalue weighted by atomic mass is 10.3. The van der Waals surface area contributed by atoms with Crippen molar-refractivity contribution in [1.82, 2.24) is 0 Å². The van der Waals surface area contributed by atoms with Gasteiger partial charge in [0.15, 0.2) is 0 Å². The van der Waals surface area contributed by atoms with E-state index < -0.39 is 5.82 Å². The van der Waals surface area contributed by atoms with Gasteiger partial charge in [-0.3, -0.25) is 0 Å². The van der Waals surface area contributed by atoms with Crippen molar-refractivity contribution in [3.8, 4) is 5.75 Å². The minimum Gasteiger partial charge on any atom is -0.495 e. The average Bonchev–Trinajstić information content (AvgIpc) is 1.96. The first-order valence-corrected chi connectivity index (χ1v) is 3.59. The van der Waals surface area contributed by atoms with Crippen molar-refractivity contribution in [3.63, 3.8) is 0 Å². The molecule has 0 saturated carbocycles. The van der Waals surface area contributed by atoms with Crippen molar-refractivity contribution >= 4 is 23.2 Å². The Bertz CT molecular complexity index is 275. The van der Waals surface area contributed by atoms with E-state index >= 15 is 0 Å². The highest BCUT2D eigenvalue weighted by Crippen LogP contribution is 2.32. The van der Waals surface area contributed by atoms with Crippen LogP contribution in [0.25, 0.3) is 0 Å². The smallest absolute Gasteiger partial charge is 0.141 e. The van der Waals surface area contributed by atoms with Crippen molar-refractivity contribution in [2.45, 2.75) is 0 Å². The molecule has 0 radical (unpaired) electrons. The molecule has 0 aliphatic carbocycles. The van der Waals surface area contributed by atoms with E-state index in [4.69, 9.17) is 27.9 Å². The first kappa shape index (κ1) is 8.62. The summed E-state index contributed by atoms with van der Waals surface area (Å²) in [6.45, 7) is 0. The third kappa shape index (κ3) is 1.76. The first-order valence-electron chi connectivity index (χ1n) is 2.83. The molecule has 0 heterocycles. The molecule has 0 amide bonds. The molecule has 0 spiro atoms. The second-order valence-corrected chi connectivity index (χ2v) is 2.69. The Morgan fingerprint density at radius 1 is 1.36 bits per heavy atom. The van der Waals surface area contributed by atoms with Gasteiger partial charge in [-0.1, -0.05) is 23.2 Å². The lowest BCUT2D eigenvalue weighted by molar-refractivity contribution is 0.411. The Morgan fingerprint density at radius 2 is 2.00 bits per heavy atom. The molecule has 1 aromatic rings. The van der Waals surface area contributed by atoms with E-state index in [1.165, 1.54) is 13.2 Å². The third-order valence-corrected chi connectivity index (χ3v) is 1.96. The summed E-state index contributed by atoms with van der Waals surface area (Å²) in [5, 5.41) is 0.388. The van der Waals surface area contributed by atoms with Crippen molar-refractivity contribution in [1.29, 1.82) is 0 Å². The molecule has 1 aromatic carbocycles. The summed E-state index contributed by atoms with van der Waals surface area (Å²) in [4.78, 5) is 0. The molecule has 4 heteroatoms. The molecular formula is C7H5Cl2FO. The number of methoxy groups -OCH3 is 1. The molecule has 0 aliphatic heterocycles. The standard InChI is InChI=1S/C7H5Cl2FO/c1-11-6-3-4(10)2-5(8)7(6)9/h2-3H,1H3. The molecule has 1 nitrogen and oxygen atoms in total. The molecule has 0 aromatic heterocycles. The minimum atomic E-state index is -0.462. The fourth-order valence-electron chi connectivity index (χ4n) is 0.681. The van der Waals surface area contributed by atoms with Crippen molar-refractivity contribution in [3.05, 3.63) is 28.0 Å². The van der Waals surface area contributed by atoms with Gasteiger partial charge in [0.05, 0.1) is 12.1 Å². The summed E-state index contributed by atoms with van der Waals surface area (Å²) in [6, 6.07) is 2.31. The van der Waals surface area contributed by atoms with Crippen LogP contribution >= 0.6 is 23.2 Å². The van der Waals surface area contributed by atoms with Crippen LogP contribution in [0.5, 0.6) is 5.75 Å². The van der Waals surface area contributed by atoms with Gasteiger partial charge < -0.3 is 4.74 Å². The van der Waals surface area contributed by atoms with E-state index in [1.54, 1.807) is 0 Å². The topological polar surface area (TPSA) is 9.23 Å². The molecule has 0 atom stereocenters. The maximum Gasteiger partial charge on any atom is 0.141 e. The first-order chi connectivity index (χ1) is 5.15. The Labute approximate surface area is 73.7 Å². The monoisotopic (exact) mass is 194 g/mol.